The van der Waals surface area contributed by atoms with Crippen molar-refractivity contribution in [1.82, 2.24) is 19.4 Å². The highest BCUT2D eigenvalue weighted by molar-refractivity contribution is 5.79. The molecule has 7 nitrogen and oxygen atoms in total. The summed E-state index contributed by atoms with van der Waals surface area (Å²) in [4.78, 5) is 42.0. The zero-order valence-electron chi connectivity index (χ0n) is 15.7. The maximum atomic E-state index is 12.8. The second kappa shape index (κ2) is 7.42. The zero-order chi connectivity index (χ0) is 19.7. The third-order valence-corrected chi connectivity index (χ3v) is 5.31. The molecule has 28 heavy (non-hydrogen) atoms. The molecule has 144 valence electrons. The van der Waals surface area contributed by atoms with Gasteiger partial charge in [-0.15, -0.1) is 0 Å². The predicted octanol–water partition coefficient (Wildman–Crippen LogP) is 1.77. The normalized spacial score (nSPS) is 16.0. The van der Waals surface area contributed by atoms with Crippen LogP contribution < -0.4 is 16.4 Å². The van der Waals surface area contributed by atoms with Crippen LogP contribution in [0.4, 0.5) is 0 Å². The minimum Gasteiger partial charge on any atom is -0.348 e. The number of pyridine rings is 1. The number of rotatable bonds is 4. The van der Waals surface area contributed by atoms with E-state index in [2.05, 4.69) is 16.4 Å². The molecule has 4 rings (SSSR count). The molecular weight excluding hydrogens is 356 g/mol. The number of aryl methyl sites for hydroxylation is 2. The molecule has 0 radical (unpaired) electrons. The van der Waals surface area contributed by atoms with Crippen molar-refractivity contribution in [3.05, 3.63) is 74.4 Å². The van der Waals surface area contributed by atoms with Crippen molar-refractivity contribution in [2.75, 3.05) is 0 Å². The van der Waals surface area contributed by atoms with Gasteiger partial charge in [0.2, 0.25) is 5.91 Å². The molecule has 0 spiro atoms. The number of carbonyl (C=O) groups excluding carboxylic acids is 1. The first kappa shape index (κ1) is 18.2. The van der Waals surface area contributed by atoms with Crippen LogP contribution in [-0.2, 0) is 24.3 Å². The Kier molecular flexibility index (Phi) is 4.81. The maximum Gasteiger partial charge on any atom is 0.318 e. The lowest BCUT2D eigenvalue weighted by Crippen LogP contribution is -2.44. The molecule has 1 aliphatic carbocycles. The van der Waals surface area contributed by atoms with Crippen LogP contribution in [0.5, 0.6) is 0 Å². The molecule has 1 amide bonds. The van der Waals surface area contributed by atoms with Gasteiger partial charge in [-0.1, -0.05) is 24.3 Å². The quantitative estimate of drug-likeness (QED) is 0.701. The standard InChI is InChI=1S/C21H22N4O3/c1-2-24-19-17(11-6-12-22-19)25(21(28)20(24)27)13-18(26)23-16-10-5-8-14-7-3-4-9-15(14)16/h3-4,6-7,9,11-12,16H,2,5,8,10,13H2,1H3,(H,23,26)/t16-/m0/s1. The molecule has 1 aromatic carbocycles. The van der Waals surface area contributed by atoms with Crippen molar-refractivity contribution in [3.63, 3.8) is 0 Å². The van der Waals surface area contributed by atoms with Crippen LogP contribution >= 0.6 is 0 Å². The van der Waals surface area contributed by atoms with Crippen LogP contribution in [0.1, 0.15) is 36.9 Å². The molecule has 1 aliphatic rings. The monoisotopic (exact) mass is 378 g/mol. The van der Waals surface area contributed by atoms with Crippen molar-refractivity contribution in [2.45, 2.75) is 45.3 Å². The second-order valence-electron chi connectivity index (χ2n) is 7.00. The Labute approximate surface area is 161 Å². The van der Waals surface area contributed by atoms with Gasteiger partial charge in [-0.3, -0.25) is 23.5 Å². The third-order valence-electron chi connectivity index (χ3n) is 5.31. The number of carbonyl (C=O) groups is 1. The predicted molar refractivity (Wildman–Crippen MR) is 106 cm³/mol. The largest absolute Gasteiger partial charge is 0.348 e. The van der Waals surface area contributed by atoms with Gasteiger partial charge in [-0.2, -0.15) is 0 Å². The number of amides is 1. The summed E-state index contributed by atoms with van der Waals surface area (Å²) in [6.45, 7) is 1.92. The van der Waals surface area contributed by atoms with Crippen LogP contribution in [0, 0.1) is 0 Å². The van der Waals surface area contributed by atoms with Crippen LogP contribution in [0.25, 0.3) is 11.2 Å². The molecule has 2 heterocycles. The highest BCUT2D eigenvalue weighted by Gasteiger charge is 2.22. The lowest BCUT2D eigenvalue weighted by Gasteiger charge is -2.26. The van der Waals surface area contributed by atoms with Crippen molar-refractivity contribution in [2.24, 2.45) is 0 Å². The first-order valence-electron chi connectivity index (χ1n) is 9.55. The van der Waals surface area contributed by atoms with Gasteiger partial charge in [0, 0.05) is 12.7 Å². The Hall–Kier alpha value is -3.22. The summed E-state index contributed by atoms with van der Waals surface area (Å²) >= 11 is 0. The Bertz CT molecular complexity index is 1160. The van der Waals surface area contributed by atoms with Crippen LogP contribution in [-0.4, -0.2) is 20.0 Å². The fourth-order valence-corrected chi connectivity index (χ4v) is 3.98. The minimum atomic E-state index is -0.707. The zero-order valence-corrected chi connectivity index (χ0v) is 15.7. The van der Waals surface area contributed by atoms with E-state index in [4.69, 9.17) is 0 Å². The summed E-state index contributed by atoms with van der Waals surface area (Å²) in [5.41, 5.74) is 1.89. The molecule has 3 aromatic rings. The highest BCUT2D eigenvalue weighted by Crippen LogP contribution is 2.29. The van der Waals surface area contributed by atoms with Gasteiger partial charge in [-0.05, 0) is 49.4 Å². The van der Waals surface area contributed by atoms with E-state index in [0.29, 0.717) is 17.7 Å². The fraction of sp³-hybridized carbons (Fsp3) is 0.333. The van der Waals surface area contributed by atoms with Crippen molar-refractivity contribution in [1.29, 1.82) is 0 Å². The number of hydrogen-bond donors (Lipinski definition) is 1. The van der Waals surface area contributed by atoms with E-state index in [1.807, 2.05) is 18.2 Å². The van der Waals surface area contributed by atoms with E-state index < -0.39 is 11.1 Å². The van der Waals surface area contributed by atoms with Gasteiger partial charge in [-0.25, -0.2) is 4.98 Å². The summed E-state index contributed by atoms with van der Waals surface area (Å²) < 4.78 is 2.56. The van der Waals surface area contributed by atoms with Crippen LogP contribution in [0.3, 0.4) is 0 Å². The molecule has 2 aromatic heterocycles. The maximum absolute atomic E-state index is 12.8. The fourth-order valence-electron chi connectivity index (χ4n) is 3.98. The molecule has 0 unspecified atom stereocenters. The SMILES string of the molecule is CCn1c(=O)c(=O)n(CC(=O)N[C@H]2CCCc3ccccc32)c2cccnc21. The summed E-state index contributed by atoms with van der Waals surface area (Å²) in [6, 6.07) is 11.4. The lowest BCUT2D eigenvalue weighted by molar-refractivity contribution is -0.122. The Morgan fingerprint density at radius 2 is 1.93 bits per heavy atom. The van der Waals surface area contributed by atoms with E-state index in [9.17, 15) is 14.4 Å². The number of fused-ring (bicyclic) bond motifs is 2. The number of hydrogen-bond acceptors (Lipinski definition) is 4. The highest BCUT2D eigenvalue weighted by atomic mass is 16.2. The molecule has 0 fully saturated rings. The molecule has 1 atom stereocenters. The summed E-state index contributed by atoms with van der Waals surface area (Å²) in [5.74, 6) is -0.289. The van der Waals surface area contributed by atoms with Gasteiger partial charge in [0.25, 0.3) is 0 Å². The van der Waals surface area contributed by atoms with Gasteiger partial charge in [0.1, 0.15) is 6.54 Å². The van der Waals surface area contributed by atoms with E-state index in [1.54, 1.807) is 25.3 Å². The molecule has 0 saturated heterocycles. The van der Waals surface area contributed by atoms with Crippen molar-refractivity contribution in [3.8, 4) is 0 Å². The number of benzene rings is 1. The van der Waals surface area contributed by atoms with Crippen molar-refractivity contribution < 1.29 is 4.79 Å². The topological polar surface area (TPSA) is 86.0 Å². The average Bonchev–Trinajstić information content (AvgIpc) is 2.72. The van der Waals surface area contributed by atoms with Crippen LogP contribution in [0.2, 0.25) is 0 Å². The molecular formula is C21H22N4O3. The minimum absolute atomic E-state index is 0.0754. The molecule has 1 N–H and O–H groups in total. The van der Waals surface area contributed by atoms with Crippen molar-refractivity contribution >= 4 is 17.1 Å². The number of nitrogens with one attached hydrogen (secondary N) is 1. The number of aromatic nitrogens is 3. The van der Waals surface area contributed by atoms with E-state index >= 15 is 0 Å². The average molecular weight is 378 g/mol. The van der Waals surface area contributed by atoms with E-state index in [1.165, 1.54) is 14.7 Å². The van der Waals surface area contributed by atoms with E-state index in [0.717, 1.165) is 24.8 Å². The molecule has 0 saturated carbocycles. The Balaban J connectivity index is 1.66. The Morgan fingerprint density at radius 3 is 2.75 bits per heavy atom. The van der Waals surface area contributed by atoms with Gasteiger partial charge in [0.15, 0.2) is 5.65 Å². The molecule has 0 bridgehead atoms. The smallest absolute Gasteiger partial charge is 0.318 e. The van der Waals surface area contributed by atoms with E-state index in [-0.39, 0.29) is 18.5 Å². The van der Waals surface area contributed by atoms with Gasteiger partial charge >= 0.3 is 11.1 Å². The molecule has 0 aliphatic heterocycles. The van der Waals surface area contributed by atoms with Gasteiger partial charge in [0.05, 0.1) is 11.6 Å². The summed E-state index contributed by atoms with van der Waals surface area (Å²) in [6.07, 6.45) is 4.44. The summed E-state index contributed by atoms with van der Waals surface area (Å²) in [7, 11) is 0. The van der Waals surface area contributed by atoms with Gasteiger partial charge < -0.3 is 5.32 Å². The first-order chi connectivity index (χ1) is 13.6. The lowest BCUT2D eigenvalue weighted by atomic mass is 9.88. The number of nitrogens with zero attached hydrogens (tertiary/aromatic N) is 3. The first-order valence-corrected chi connectivity index (χ1v) is 9.55. The third kappa shape index (κ3) is 3.13. The Morgan fingerprint density at radius 1 is 1.14 bits per heavy atom. The second-order valence-corrected chi connectivity index (χ2v) is 7.00. The summed E-state index contributed by atoms with van der Waals surface area (Å²) in [5, 5.41) is 3.04. The van der Waals surface area contributed by atoms with Crippen LogP contribution in [0.15, 0.2) is 52.2 Å². The molecule has 7 heteroatoms.